The first kappa shape index (κ1) is 15.8. The van der Waals surface area contributed by atoms with Gasteiger partial charge in [-0.15, -0.1) is 0 Å². The Balaban J connectivity index is 1.29. The maximum atomic E-state index is 5.95. The third-order valence-electron chi connectivity index (χ3n) is 4.67. The largest absolute Gasteiger partial charge is 0.493 e. The van der Waals surface area contributed by atoms with Crippen LogP contribution in [0.1, 0.15) is 24.2 Å². The van der Waals surface area contributed by atoms with Crippen LogP contribution < -0.4 is 9.47 Å². The third-order valence-corrected chi connectivity index (χ3v) is 4.67. The zero-order valence-electron chi connectivity index (χ0n) is 14.2. The zero-order valence-corrected chi connectivity index (χ0v) is 14.2. The second-order valence-electron chi connectivity index (χ2n) is 6.46. The van der Waals surface area contributed by atoms with E-state index in [-0.39, 0.29) is 0 Å². The maximum Gasteiger partial charge on any atom is 0.131 e. The molecule has 2 aromatic carbocycles. The number of hydrogen-bond acceptors (Lipinski definition) is 3. The predicted octanol–water partition coefficient (Wildman–Crippen LogP) is 4.78. The van der Waals surface area contributed by atoms with Gasteiger partial charge < -0.3 is 14.5 Å². The number of aromatic amines is 1. The van der Waals surface area contributed by atoms with Gasteiger partial charge in [0.25, 0.3) is 0 Å². The summed E-state index contributed by atoms with van der Waals surface area (Å²) < 4.78 is 11.8. The Bertz CT molecular complexity index is 814. The molecule has 0 spiro atoms. The molecule has 0 saturated carbocycles. The molecule has 4 heteroatoms. The molecule has 1 unspecified atom stereocenters. The minimum atomic E-state index is 0.664. The molecular formula is C21H22N2O2. The highest BCUT2D eigenvalue weighted by atomic mass is 16.5. The minimum Gasteiger partial charge on any atom is -0.493 e. The molecule has 4 rings (SSSR count). The van der Waals surface area contributed by atoms with Gasteiger partial charge in [-0.3, -0.25) is 0 Å². The number of benzene rings is 2. The monoisotopic (exact) mass is 334 g/mol. The van der Waals surface area contributed by atoms with Gasteiger partial charge in [0.05, 0.1) is 18.6 Å². The molecule has 1 aliphatic carbocycles. The van der Waals surface area contributed by atoms with Crippen LogP contribution in [-0.2, 0) is 12.8 Å². The van der Waals surface area contributed by atoms with E-state index in [1.54, 1.807) is 0 Å². The number of aromatic nitrogens is 2. The lowest BCUT2D eigenvalue weighted by molar-refractivity contribution is 0.265. The molecule has 1 N–H and O–H groups in total. The summed E-state index contributed by atoms with van der Waals surface area (Å²) in [4.78, 5) is 7.62. The number of rotatable bonds is 6. The summed E-state index contributed by atoms with van der Waals surface area (Å²) in [6.07, 6.45) is 6.21. The van der Waals surface area contributed by atoms with Crippen LogP contribution in [0.3, 0.4) is 0 Å². The summed E-state index contributed by atoms with van der Waals surface area (Å²) >= 11 is 0. The number of ether oxygens (including phenoxy) is 2. The highest BCUT2D eigenvalue weighted by Gasteiger charge is 2.20. The van der Waals surface area contributed by atoms with Gasteiger partial charge in [0, 0.05) is 11.8 Å². The van der Waals surface area contributed by atoms with Crippen LogP contribution in [-0.4, -0.2) is 16.6 Å². The summed E-state index contributed by atoms with van der Waals surface area (Å²) in [7, 11) is 0. The number of imidazole rings is 1. The van der Waals surface area contributed by atoms with Crippen molar-refractivity contribution < 1.29 is 9.47 Å². The SMILES string of the molecule is c1ccc(Oc2cccc(OCCC3CCc4nc[nH]c4C3)c2)cc1. The van der Waals surface area contributed by atoms with E-state index in [9.17, 15) is 0 Å². The fourth-order valence-corrected chi connectivity index (χ4v) is 3.32. The highest BCUT2D eigenvalue weighted by molar-refractivity contribution is 5.36. The van der Waals surface area contributed by atoms with Crippen molar-refractivity contribution >= 4 is 0 Å². The van der Waals surface area contributed by atoms with Crippen LogP contribution in [0, 0.1) is 5.92 Å². The van der Waals surface area contributed by atoms with Gasteiger partial charge in [-0.25, -0.2) is 4.98 Å². The topological polar surface area (TPSA) is 47.1 Å². The molecule has 0 fully saturated rings. The first-order valence-electron chi connectivity index (χ1n) is 8.84. The third kappa shape index (κ3) is 4.02. The van der Waals surface area contributed by atoms with E-state index in [1.807, 2.05) is 60.9 Å². The van der Waals surface area contributed by atoms with Crippen molar-refractivity contribution in [2.45, 2.75) is 25.7 Å². The summed E-state index contributed by atoms with van der Waals surface area (Å²) in [6, 6.07) is 17.6. The molecule has 0 amide bonds. The van der Waals surface area contributed by atoms with Gasteiger partial charge in [-0.05, 0) is 55.9 Å². The Kier molecular flexibility index (Phi) is 4.68. The molecule has 0 radical (unpaired) electrons. The van der Waals surface area contributed by atoms with Crippen LogP contribution in [0.5, 0.6) is 17.2 Å². The Labute approximate surface area is 147 Å². The van der Waals surface area contributed by atoms with Gasteiger partial charge >= 0.3 is 0 Å². The molecule has 1 aromatic heterocycles. The van der Waals surface area contributed by atoms with E-state index in [0.717, 1.165) is 43.1 Å². The fourth-order valence-electron chi connectivity index (χ4n) is 3.32. The second kappa shape index (κ2) is 7.43. The lowest BCUT2D eigenvalue weighted by Gasteiger charge is -2.21. The Hall–Kier alpha value is -2.75. The molecule has 25 heavy (non-hydrogen) atoms. The van der Waals surface area contributed by atoms with Crippen LogP contribution in [0.25, 0.3) is 0 Å². The summed E-state index contributed by atoms with van der Waals surface area (Å²) in [6.45, 7) is 0.725. The predicted molar refractivity (Wildman–Crippen MR) is 97.2 cm³/mol. The van der Waals surface area contributed by atoms with Gasteiger partial charge in [-0.2, -0.15) is 0 Å². The number of nitrogens with one attached hydrogen (secondary N) is 1. The standard InChI is InChI=1S/C21H22N2O2/c1-2-5-17(6-3-1)25-19-8-4-7-18(14-19)24-12-11-16-9-10-20-21(13-16)23-15-22-20/h1-8,14-16H,9-13H2,(H,22,23). The van der Waals surface area contributed by atoms with E-state index in [1.165, 1.54) is 17.8 Å². The molecule has 1 aliphatic rings. The van der Waals surface area contributed by atoms with Crippen LogP contribution in [0.4, 0.5) is 0 Å². The molecule has 0 bridgehead atoms. The van der Waals surface area contributed by atoms with E-state index in [0.29, 0.717) is 5.92 Å². The Morgan fingerprint density at radius 2 is 1.84 bits per heavy atom. The van der Waals surface area contributed by atoms with Crippen molar-refractivity contribution in [3.8, 4) is 17.2 Å². The molecule has 0 saturated heterocycles. The molecule has 0 aliphatic heterocycles. The van der Waals surface area contributed by atoms with Gasteiger partial charge in [0.1, 0.15) is 17.2 Å². The van der Waals surface area contributed by atoms with E-state index >= 15 is 0 Å². The number of nitrogens with zero attached hydrogens (tertiary/aromatic N) is 1. The Morgan fingerprint density at radius 1 is 1.00 bits per heavy atom. The van der Waals surface area contributed by atoms with E-state index in [2.05, 4.69) is 9.97 Å². The average molecular weight is 334 g/mol. The van der Waals surface area contributed by atoms with E-state index < -0.39 is 0 Å². The lowest BCUT2D eigenvalue weighted by Crippen LogP contribution is -2.16. The van der Waals surface area contributed by atoms with Gasteiger partial charge in [-0.1, -0.05) is 24.3 Å². The number of fused-ring (bicyclic) bond motifs is 1. The van der Waals surface area contributed by atoms with Crippen molar-refractivity contribution in [2.24, 2.45) is 5.92 Å². The highest BCUT2D eigenvalue weighted by Crippen LogP contribution is 2.27. The molecule has 1 atom stereocenters. The van der Waals surface area contributed by atoms with Crippen molar-refractivity contribution in [3.05, 3.63) is 72.3 Å². The Morgan fingerprint density at radius 3 is 2.76 bits per heavy atom. The molecular weight excluding hydrogens is 312 g/mol. The zero-order chi connectivity index (χ0) is 16.9. The number of para-hydroxylation sites is 1. The van der Waals surface area contributed by atoms with Crippen LogP contribution >= 0.6 is 0 Å². The van der Waals surface area contributed by atoms with E-state index in [4.69, 9.17) is 9.47 Å². The van der Waals surface area contributed by atoms with Crippen molar-refractivity contribution in [1.29, 1.82) is 0 Å². The van der Waals surface area contributed by atoms with Gasteiger partial charge in [0.2, 0.25) is 0 Å². The average Bonchev–Trinajstić information content (AvgIpc) is 3.11. The number of hydrogen-bond donors (Lipinski definition) is 1. The normalized spacial score (nSPS) is 16.2. The molecule has 1 heterocycles. The smallest absolute Gasteiger partial charge is 0.131 e. The molecule has 128 valence electrons. The van der Waals surface area contributed by atoms with Crippen molar-refractivity contribution in [1.82, 2.24) is 9.97 Å². The number of H-pyrrole nitrogens is 1. The van der Waals surface area contributed by atoms with Crippen LogP contribution in [0.15, 0.2) is 60.9 Å². The first-order valence-corrected chi connectivity index (χ1v) is 8.84. The summed E-state index contributed by atoms with van der Waals surface area (Å²) in [5.41, 5.74) is 2.54. The van der Waals surface area contributed by atoms with Gasteiger partial charge in [0.15, 0.2) is 0 Å². The summed E-state index contributed by atoms with van der Waals surface area (Å²) in [5.74, 6) is 3.14. The first-order chi connectivity index (χ1) is 12.4. The fraction of sp³-hybridized carbons (Fsp3) is 0.286. The van der Waals surface area contributed by atoms with Crippen molar-refractivity contribution in [2.75, 3.05) is 6.61 Å². The quantitative estimate of drug-likeness (QED) is 0.706. The molecule has 4 nitrogen and oxygen atoms in total. The van der Waals surface area contributed by atoms with Crippen molar-refractivity contribution in [3.63, 3.8) is 0 Å². The lowest BCUT2D eigenvalue weighted by atomic mass is 9.88. The number of aryl methyl sites for hydroxylation is 1. The summed E-state index contributed by atoms with van der Waals surface area (Å²) in [5, 5.41) is 0. The minimum absolute atomic E-state index is 0.664. The second-order valence-corrected chi connectivity index (χ2v) is 6.46. The molecule has 3 aromatic rings. The maximum absolute atomic E-state index is 5.95. The van der Waals surface area contributed by atoms with Crippen LogP contribution in [0.2, 0.25) is 0 Å².